The number of aliphatic carboxylic acids is 1. The summed E-state index contributed by atoms with van der Waals surface area (Å²) in [7, 11) is 5.39. The molecule has 0 N–H and O–H groups in total. The molecule has 0 saturated heterocycles. The van der Waals surface area contributed by atoms with E-state index in [0.717, 1.165) is 70.6 Å². The Hall–Kier alpha value is -2.45. The number of esters is 2. The smallest absolute Gasteiger partial charge is 0.306 e. The van der Waals surface area contributed by atoms with Crippen molar-refractivity contribution in [3.8, 4) is 0 Å². The summed E-state index contributed by atoms with van der Waals surface area (Å²) in [5.74, 6) is -1.76. The van der Waals surface area contributed by atoms with E-state index in [0.29, 0.717) is 12.8 Å². The van der Waals surface area contributed by atoms with Crippen molar-refractivity contribution in [1.82, 2.24) is 0 Å². The number of carbonyl (C=O) groups excluding carboxylic acids is 3. The van der Waals surface area contributed by atoms with Crippen LogP contribution in [0.1, 0.15) is 168 Å². The lowest BCUT2D eigenvalue weighted by atomic mass is 10.1. The number of hydrogen-bond donors (Lipinski definition) is 0. The summed E-state index contributed by atoms with van der Waals surface area (Å²) in [5.41, 5.74) is 0. The standard InChI is InChI=1S/C43H77NO7/c1-6-8-10-12-14-16-18-19-20-21-22-23-24-26-28-30-32-34-42(46)51-39(37-49-36-35-40(43(47)48)44(3,4)5)38-50-41(45)33-31-29-27-25-17-15-13-11-9-7-2/h11,13-14,16,19-20,39-40H,6-10,12,15,17-18,21-38H2,1-5H3/b13-11-,16-14-,20-19-. The van der Waals surface area contributed by atoms with Gasteiger partial charge in [0.1, 0.15) is 12.6 Å². The summed E-state index contributed by atoms with van der Waals surface area (Å²) in [6, 6.07) is -0.726. The number of likely N-dealkylation sites (N-methyl/N-ethyl adjacent to an activating group) is 1. The van der Waals surface area contributed by atoms with Gasteiger partial charge in [0.15, 0.2) is 6.10 Å². The van der Waals surface area contributed by atoms with Gasteiger partial charge in [0, 0.05) is 19.3 Å². The first-order valence-corrected chi connectivity index (χ1v) is 20.5. The molecule has 0 saturated carbocycles. The number of unbranched alkanes of at least 4 members (excludes halogenated alkanes) is 16. The van der Waals surface area contributed by atoms with Crippen LogP contribution in [0.5, 0.6) is 0 Å². The third-order valence-corrected chi connectivity index (χ3v) is 8.98. The Morgan fingerprint density at radius 3 is 1.61 bits per heavy atom. The molecule has 0 rings (SSSR count). The lowest BCUT2D eigenvalue weighted by molar-refractivity contribution is -0.889. The van der Waals surface area contributed by atoms with Crippen molar-refractivity contribution >= 4 is 17.9 Å². The van der Waals surface area contributed by atoms with Crippen LogP contribution in [0.25, 0.3) is 0 Å². The topological polar surface area (TPSA) is 102 Å². The van der Waals surface area contributed by atoms with Crippen LogP contribution < -0.4 is 5.11 Å². The molecule has 0 aromatic heterocycles. The van der Waals surface area contributed by atoms with Gasteiger partial charge in [-0.1, -0.05) is 121 Å². The molecular formula is C43H77NO7. The molecule has 8 nitrogen and oxygen atoms in total. The van der Waals surface area contributed by atoms with E-state index in [1.165, 1.54) is 64.2 Å². The van der Waals surface area contributed by atoms with Crippen molar-refractivity contribution in [2.45, 2.75) is 180 Å². The van der Waals surface area contributed by atoms with E-state index in [1.54, 1.807) is 21.1 Å². The minimum Gasteiger partial charge on any atom is -0.544 e. The molecule has 0 amide bonds. The van der Waals surface area contributed by atoms with Crippen LogP contribution in [0.2, 0.25) is 0 Å². The predicted molar refractivity (Wildman–Crippen MR) is 208 cm³/mol. The van der Waals surface area contributed by atoms with E-state index < -0.39 is 18.1 Å². The van der Waals surface area contributed by atoms with E-state index in [2.05, 4.69) is 50.3 Å². The highest BCUT2D eigenvalue weighted by Crippen LogP contribution is 2.13. The average Bonchev–Trinajstić information content (AvgIpc) is 3.08. The van der Waals surface area contributed by atoms with Crippen LogP contribution in [-0.4, -0.2) is 75.5 Å². The Morgan fingerprint density at radius 2 is 1.08 bits per heavy atom. The highest BCUT2D eigenvalue weighted by molar-refractivity contribution is 5.70. The predicted octanol–water partition coefficient (Wildman–Crippen LogP) is 9.35. The molecule has 0 heterocycles. The number of ether oxygens (including phenoxy) is 3. The zero-order valence-corrected chi connectivity index (χ0v) is 33.5. The number of rotatable bonds is 36. The van der Waals surface area contributed by atoms with Gasteiger partial charge in [0.05, 0.1) is 40.3 Å². The molecule has 0 spiro atoms. The van der Waals surface area contributed by atoms with Gasteiger partial charge < -0.3 is 28.6 Å². The van der Waals surface area contributed by atoms with E-state index in [9.17, 15) is 19.5 Å². The van der Waals surface area contributed by atoms with Gasteiger partial charge in [-0.05, 0) is 64.2 Å². The summed E-state index contributed by atoms with van der Waals surface area (Å²) >= 11 is 0. The maximum atomic E-state index is 12.7. The maximum absolute atomic E-state index is 12.7. The highest BCUT2D eigenvalue weighted by Gasteiger charge is 2.25. The lowest BCUT2D eigenvalue weighted by Crippen LogP contribution is -2.55. The van der Waals surface area contributed by atoms with Crippen molar-refractivity contribution in [1.29, 1.82) is 0 Å². The maximum Gasteiger partial charge on any atom is 0.306 e. The molecule has 2 unspecified atom stereocenters. The molecule has 0 bridgehead atoms. The molecule has 2 atom stereocenters. The fourth-order valence-corrected chi connectivity index (χ4v) is 5.75. The minimum atomic E-state index is -1.13. The first-order chi connectivity index (χ1) is 24.6. The van der Waals surface area contributed by atoms with Gasteiger partial charge in [-0.25, -0.2) is 0 Å². The quantitative estimate of drug-likeness (QED) is 0.0275. The largest absolute Gasteiger partial charge is 0.544 e. The molecule has 0 aliphatic carbocycles. The van der Waals surface area contributed by atoms with Crippen LogP contribution in [0.3, 0.4) is 0 Å². The number of carbonyl (C=O) groups is 3. The van der Waals surface area contributed by atoms with Crippen LogP contribution in [0.4, 0.5) is 0 Å². The lowest BCUT2D eigenvalue weighted by Gasteiger charge is -2.34. The molecule has 0 fully saturated rings. The molecule has 8 heteroatoms. The second-order valence-electron chi connectivity index (χ2n) is 14.9. The van der Waals surface area contributed by atoms with E-state index in [-0.39, 0.29) is 42.7 Å². The van der Waals surface area contributed by atoms with Crippen molar-refractivity contribution < 1.29 is 38.2 Å². The van der Waals surface area contributed by atoms with Gasteiger partial charge >= 0.3 is 11.9 Å². The molecule has 0 aromatic carbocycles. The third-order valence-electron chi connectivity index (χ3n) is 8.98. The van der Waals surface area contributed by atoms with Gasteiger partial charge in [0.2, 0.25) is 0 Å². The number of allylic oxidation sites excluding steroid dienone is 6. The molecule has 0 aromatic rings. The first-order valence-electron chi connectivity index (χ1n) is 20.5. The van der Waals surface area contributed by atoms with Crippen LogP contribution in [0.15, 0.2) is 36.5 Å². The molecule has 51 heavy (non-hydrogen) atoms. The summed E-state index contributed by atoms with van der Waals surface area (Å²) in [5, 5.41) is 11.6. The van der Waals surface area contributed by atoms with Crippen LogP contribution >= 0.6 is 0 Å². The number of carboxylic acids is 1. The summed E-state index contributed by atoms with van der Waals surface area (Å²) in [4.78, 5) is 36.7. The van der Waals surface area contributed by atoms with E-state index in [1.807, 2.05) is 0 Å². The Morgan fingerprint density at radius 1 is 0.588 bits per heavy atom. The van der Waals surface area contributed by atoms with Crippen molar-refractivity contribution in [3.05, 3.63) is 36.5 Å². The number of quaternary nitrogens is 1. The first kappa shape index (κ1) is 48.5. The Kier molecular flexibility index (Phi) is 33.0. The molecular weight excluding hydrogens is 642 g/mol. The van der Waals surface area contributed by atoms with Crippen LogP contribution in [-0.2, 0) is 28.6 Å². The van der Waals surface area contributed by atoms with Crippen molar-refractivity contribution in [3.63, 3.8) is 0 Å². The highest BCUT2D eigenvalue weighted by atomic mass is 16.6. The number of carboxylic acid groups (broad SMARTS) is 1. The van der Waals surface area contributed by atoms with Gasteiger partial charge in [0.25, 0.3) is 0 Å². The molecule has 0 aliphatic heterocycles. The van der Waals surface area contributed by atoms with E-state index >= 15 is 0 Å². The van der Waals surface area contributed by atoms with Gasteiger partial charge in [-0.3, -0.25) is 9.59 Å². The van der Waals surface area contributed by atoms with Gasteiger partial charge in [-0.15, -0.1) is 0 Å². The average molecular weight is 720 g/mol. The fourth-order valence-electron chi connectivity index (χ4n) is 5.75. The van der Waals surface area contributed by atoms with E-state index in [4.69, 9.17) is 14.2 Å². The SMILES string of the molecule is CCC/C=C\CCCCCCCC(=O)OCC(COCCC(C(=O)[O-])[N+](C)(C)C)OC(=O)CCCCCCCCC/C=C\C/C=C\CCCCC. The molecule has 0 aliphatic rings. The summed E-state index contributed by atoms with van der Waals surface area (Å²) in [6.45, 7) is 4.55. The molecule has 0 radical (unpaired) electrons. The third kappa shape index (κ3) is 33.2. The Balaban J connectivity index is 4.38. The van der Waals surface area contributed by atoms with Crippen LogP contribution in [0, 0.1) is 0 Å². The number of hydrogen-bond acceptors (Lipinski definition) is 7. The number of nitrogens with zero attached hydrogens (tertiary/aromatic N) is 1. The molecule has 296 valence electrons. The fraction of sp³-hybridized carbons (Fsp3) is 0.791. The summed E-state index contributed by atoms with van der Waals surface area (Å²) < 4.78 is 17.1. The Bertz CT molecular complexity index is 937. The second kappa shape index (κ2) is 34.6. The summed E-state index contributed by atoms with van der Waals surface area (Å²) in [6.07, 6.45) is 37.4. The zero-order chi connectivity index (χ0) is 37.8. The minimum absolute atomic E-state index is 0.0353. The van der Waals surface area contributed by atoms with Crippen molar-refractivity contribution in [2.75, 3.05) is 41.0 Å². The Labute approximate surface area is 313 Å². The second-order valence-corrected chi connectivity index (χ2v) is 14.9. The zero-order valence-electron chi connectivity index (χ0n) is 33.5. The normalized spacial score (nSPS) is 13.4. The van der Waals surface area contributed by atoms with Crippen molar-refractivity contribution in [2.24, 2.45) is 0 Å². The van der Waals surface area contributed by atoms with Gasteiger partial charge in [-0.2, -0.15) is 0 Å². The monoisotopic (exact) mass is 720 g/mol.